The zero-order chi connectivity index (χ0) is 14.1. The van der Waals surface area contributed by atoms with Crippen LogP contribution in [0.5, 0.6) is 0 Å². The smallest absolute Gasteiger partial charge is 0.105 e. The first-order chi connectivity index (χ1) is 9.63. The van der Waals surface area contributed by atoms with Crippen LogP contribution in [-0.4, -0.2) is 9.97 Å². The molecular weight excluding hydrogens is 310 g/mol. The van der Waals surface area contributed by atoms with Crippen LogP contribution in [0.25, 0.3) is 10.2 Å². The van der Waals surface area contributed by atoms with Crippen LogP contribution in [0.1, 0.15) is 5.56 Å². The number of nitrogens with one attached hydrogen (secondary N) is 1. The predicted molar refractivity (Wildman–Crippen MR) is 90.2 cm³/mol. The lowest BCUT2D eigenvalue weighted by atomic mass is 10.2. The molecule has 0 amide bonds. The van der Waals surface area contributed by atoms with Crippen molar-refractivity contribution in [1.82, 2.24) is 4.98 Å². The Kier molecular flexibility index (Phi) is 3.56. The summed E-state index contributed by atoms with van der Waals surface area (Å²) < 4.78 is 1.14. The van der Waals surface area contributed by atoms with Crippen molar-refractivity contribution < 1.29 is 0 Å². The third-order valence-electron chi connectivity index (χ3n) is 2.85. The van der Waals surface area contributed by atoms with Crippen LogP contribution in [0.2, 0.25) is 5.02 Å². The second-order valence-corrected chi connectivity index (χ2v) is 5.95. The largest absolute Gasteiger partial charge is 0.389 e. The lowest BCUT2D eigenvalue weighted by molar-refractivity contribution is 1.49. The van der Waals surface area contributed by atoms with E-state index in [1.165, 1.54) is 0 Å². The van der Waals surface area contributed by atoms with Gasteiger partial charge < -0.3 is 11.1 Å². The minimum atomic E-state index is 0.299. The summed E-state index contributed by atoms with van der Waals surface area (Å²) in [6.45, 7) is 0. The molecule has 1 heterocycles. The van der Waals surface area contributed by atoms with Gasteiger partial charge in [-0.05, 0) is 36.4 Å². The highest BCUT2D eigenvalue weighted by Crippen LogP contribution is 2.27. The highest BCUT2D eigenvalue weighted by molar-refractivity contribution is 7.80. The van der Waals surface area contributed by atoms with Gasteiger partial charge in [-0.2, -0.15) is 0 Å². The summed E-state index contributed by atoms with van der Waals surface area (Å²) in [5.41, 5.74) is 11.0. The first kappa shape index (κ1) is 13.3. The normalized spacial score (nSPS) is 10.7. The summed E-state index contributed by atoms with van der Waals surface area (Å²) in [6.07, 6.45) is 0. The number of hydrogen-bond acceptors (Lipinski definition) is 4. The van der Waals surface area contributed by atoms with Crippen LogP contribution in [0.15, 0.2) is 41.9 Å². The van der Waals surface area contributed by atoms with Gasteiger partial charge in [-0.3, -0.25) is 0 Å². The van der Waals surface area contributed by atoms with E-state index in [1.807, 2.05) is 35.8 Å². The molecule has 6 heteroatoms. The van der Waals surface area contributed by atoms with E-state index in [4.69, 9.17) is 29.6 Å². The molecule has 1 aromatic heterocycles. The Labute approximate surface area is 130 Å². The molecule has 3 nitrogen and oxygen atoms in total. The van der Waals surface area contributed by atoms with Gasteiger partial charge in [-0.15, -0.1) is 11.3 Å². The number of thiazole rings is 1. The Hall–Kier alpha value is -1.69. The predicted octanol–water partition coefficient (Wildman–Crippen LogP) is 4.33. The van der Waals surface area contributed by atoms with Crippen molar-refractivity contribution in [3.63, 3.8) is 0 Å². The minimum absolute atomic E-state index is 0.299. The van der Waals surface area contributed by atoms with Crippen LogP contribution < -0.4 is 11.1 Å². The number of aromatic nitrogens is 1. The van der Waals surface area contributed by atoms with Crippen molar-refractivity contribution in [2.45, 2.75) is 0 Å². The second-order valence-electron chi connectivity index (χ2n) is 4.22. The summed E-state index contributed by atoms with van der Waals surface area (Å²) >= 11 is 12.7. The Morgan fingerprint density at radius 2 is 1.95 bits per heavy atom. The van der Waals surface area contributed by atoms with Gasteiger partial charge in [0, 0.05) is 16.9 Å². The average molecular weight is 320 g/mol. The molecule has 0 bridgehead atoms. The molecule has 3 aromatic rings. The fraction of sp³-hybridized carbons (Fsp3) is 0. The molecule has 0 aliphatic rings. The van der Waals surface area contributed by atoms with E-state index in [1.54, 1.807) is 11.3 Å². The molecule has 0 atom stereocenters. The zero-order valence-corrected chi connectivity index (χ0v) is 12.6. The van der Waals surface area contributed by atoms with Gasteiger partial charge in [0.05, 0.1) is 20.7 Å². The van der Waals surface area contributed by atoms with E-state index >= 15 is 0 Å². The molecule has 0 fully saturated rings. The van der Waals surface area contributed by atoms with E-state index in [9.17, 15) is 0 Å². The number of rotatable bonds is 3. The number of fused-ring (bicyclic) bond motifs is 1. The average Bonchev–Trinajstić information content (AvgIpc) is 2.85. The van der Waals surface area contributed by atoms with Crippen LogP contribution in [0.3, 0.4) is 0 Å². The lowest BCUT2D eigenvalue weighted by Gasteiger charge is -2.09. The Morgan fingerprint density at radius 1 is 1.20 bits per heavy atom. The van der Waals surface area contributed by atoms with Crippen LogP contribution in [-0.2, 0) is 0 Å². The van der Waals surface area contributed by atoms with E-state index in [0.29, 0.717) is 15.6 Å². The maximum absolute atomic E-state index is 6.15. The first-order valence-corrected chi connectivity index (χ1v) is 7.50. The van der Waals surface area contributed by atoms with Gasteiger partial charge in [0.25, 0.3) is 0 Å². The molecule has 0 aliphatic carbocycles. The van der Waals surface area contributed by atoms with Crippen molar-refractivity contribution in [1.29, 1.82) is 0 Å². The number of anilines is 2. The monoisotopic (exact) mass is 319 g/mol. The van der Waals surface area contributed by atoms with Gasteiger partial charge >= 0.3 is 0 Å². The second kappa shape index (κ2) is 5.36. The highest BCUT2D eigenvalue weighted by Gasteiger charge is 2.05. The molecule has 100 valence electrons. The van der Waals surface area contributed by atoms with Gasteiger partial charge in [0.1, 0.15) is 4.99 Å². The topological polar surface area (TPSA) is 50.9 Å². The van der Waals surface area contributed by atoms with Crippen molar-refractivity contribution in [2.24, 2.45) is 5.73 Å². The number of halogens is 1. The molecular formula is C14H10ClN3S2. The summed E-state index contributed by atoms with van der Waals surface area (Å²) in [4.78, 5) is 4.55. The Balaban J connectivity index is 1.90. The number of thiocarbonyl (C=S) groups is 1. The zero-order valence-electron chi connectivity index (χ0n) is 10.3. The molecule has 0 aliphatic heterocycles. The Bertz CT molecular complexity index is 798. The van der Waals surface area contributed by atoms with E-state index in [0.717, 1.165) is 21.6 Å². The quantitative estimate of drug-likeness (QED) is 0.706. The van der Waals surface area contributed by atoms with Gasteiger partial charge in [-0.1, -0.05) is 23.8 Å². The summed E-state index contributed by atoms with van der Waals surface area (Å²) in [6, 6.07) is 11.6. The maximum atomic E-state index is 6.15. The molecule has 20 heavy (non-hydrogen) atoms. The van der Waals surface area contributed by atoms with Crippen LogP contribution in [0, 0.1) is 0 Å². The van der Waals surface area contributed by atoms with Crippen molar-refractivity contribution in [3.8, 4) is 0 Å². The SMILES string of the molecule is NC(=S)c1ccc(Nc2ccc3ncsc3c2)cc1Cl. The standard InChI is InChI=1S/C14H10ClN3S2/c15-11-5-8(1-3-10(11)14(16)19)18-9-2-4-12-13(6-9)20-7-17-12/h1-7,18H,(H2,16,19). The molecule has 3 rings (SSSR count). The molecule has 0 radical (unpaired) electrons. The molecule has 0 saturated carbocycles. The van der Waals surface area contributed by atoms with Gasteiger partial charge in [-0.25, -0.2) is 4.98 Å². The third-order valence-corrected chi connectivity index (χ3v) is 4.18. The van der Waals surface area contributed by atoms with Gasteiger partial charge in [0.15, 0.2) is 0 Å². The molecule has 3 N–H and O–H groups in total. The number of nitrogens with zero attached hydrogens (tertiary/aromatic N) is 1. The molecule has 0 spiro atoms. The van der Waals surface area contributed by atoms with E-state index in [2.05, 4.69) is 16.4 Å². The van der Waals surface area contributed by atoms with Crippen LogP contribution >= 0.6 is 35.2 Å². The number of hydrogen-bond donors (Lipinski definition) is 2. The summed E-state index contributed by atoms with van der Waals surface area (Å²) in [5.74, 6) is 0. The maximum Gasteiger partial charge on any atom is 0.105 e. The Morgan fingerprint density at radius 3 is 2.70 bits per heavy atom. The van der Waals surface area contributed by atoms with Crippen LogP contribution in [0.4, 0.5) is 11.4 Å². The van der Waals surface area contributed by atoms with E-state index in [-0.39, 0.29) is 0 Å². The fourth-order valence-corrected chi connectivity index (χ4v) is 3.12. The molecule has 0 saturated heterocycles. The third kappa shape index (κ3) is 2.60. The molecule has 2 aromatic carbocycles. The first-order valence-electron chi connectivity index (χ1n) is 5.83. The minimum Gasteiger partial charge on any atom is -0.389 e. The van der Waals surface area contributed by atoms with Crippen molar-refractivity contribution in [3.05, 3.63) is 52.5 Å². The van der Waals surface area contributed by atoms with E-state index < -0.39 is 0 Å². The lowest BCUT2D eigenvalue weighted by Crippen LogP contribution is -2.09. The summed E-state index contributed by atoms with van der Waals surface area (Å²) in [7, 11) is 0. The van der Waals surface area contributed by atoms with Gasteiger partial charge in [0.2, 0.25) is 0 Å². The fourth-order valence-electron chi connectivity index (χ4n) is 1.89. The molecule has 0 unspecified atom stereocenters. The highest BCUT2D eigenvalue weighted by atomic mass is 35.5. The number of nitrogens with two attached hydrogens (primary N) is 1. The number of benzene rings is 2. The van der Waals surface area contributed by atoms with Crippen molar-refractivity contribution >= 4 is 61.7 Å². The van der Waals surface area contributed by atoms with Crippen molar-refractivity contribution in [2.75, 3.05) is 5.32 Å². The summed E-state index contributed by atoms with van der Waals surface area (Å²) in [5, 5.41) is 3.85.